The van der Waals surface area contributed by atoms with Crippen LogP contribution in [0.4, 0.5) is 13.6 Å². The summed E-state index contributed by atoms with van der Waals surface area (Å²) < 4.78 is 25.8. The largest absolute Gasteiger partial charge is 0.481 e. The van der Waals surface area contributed by atoms with Crippen LogP contribution in [0.3, 0.4) is 0 Å². The maximum absolute atomic E-state index is 13.0. The van der Waals surface area contributed by atoms with E-state index in [4.69, 9.17) is 5.11 Å². The van der Waals surface area contributed by atoms with Crippen LogP contribution in [0, 0.1) is 23.5 Å². The molecule has 1 atom stereocenters. The quantitative estimate of drug-likeness (QED) is 0.891. The van der Waals surface area contributed by atoms with E-state index < -0.39 is 23.5 Å². The molecule has 0 saturated carbocycles. The van der Waals surface area contributed by atoms with Gasteiger partial charge in [-0.05, 0) is 17.7 Å². The molecule has 0 spiro atoms. The van der Waals surface area contributed by atoms with Gasteiger partial charge in [0.2, 0.25) is 0 Å². The predicted octanol–water partition coefficient (Wildman–Crippen LogP) is 1.83. The molecule has 1 heterocycles. The third-order valence-corrected chi connectivity index (χ3v) is 3.72. The fourth-order valence-corrected chi connectivity index (χ4v) is 2.14. The van der Waals surface area contributed by atoms with E-state index in [9.17, 15) is 18.4 Å². The topological polar surface area (TPSA) is 69.6 Å². The van der Waals surface area contributed by atoms with Crippen molar-refractivity contribution in [2.75, 3.05) is 13.1 Å². The number of likely N-dealkylation sites (tertiary alicyclic amines) is 1. The van der Waals surface area contributed by atoms with E-state index in [2.05, 4.69) is 5.32 Å². The fourth-order valence-electron chi connectivity index (χ4n) is 2.14. The minimum Gasteiger partial charge on any atom is -0.481 e. The van der Waals surface area contributed by atoms with Crippen LogP contribution in [0.25, 0.3) is 0 Å². The van der Waals surface area contributed by atoms with Crippen LogP contribution in [0.2, 0.25) is 0 Å². The van der Waals surface area contributed by atoms with Crippen LogP contribution < -0.4 is 5.32 Å². The molecule has 1 aromatic carbocycles. The molecule has 1 aliphatic heterocycles. The monoisotopic (exact) mass is 298 g/mol. The number of carboxylic acids is 1. The first kappa shape index (κ1) is 15.2. The molecule has 5 nitrogen and oxygen atoms in total. The number of rotatable bonds is 4. The van der Waals surface area contributed by atoms with Crippen LogP contribution >= 0.6 is 0 Å². The Labute approximate surface area is 120 Å². The minimum atomic E-state index is -0.957. The van der Waals surface area contributed by atoms with Crippen molar-refractivity contribution in [2.45, 2.75) is 13.5 Å². The molecule has 1 aromatic rings. The van der Waals surface area contributed by atoms with Crippen molar-refractivity contribution in [3.8, 4) is 0 Å². The van der Waals surface area contributed by atoms with Crippen molar-refractivity contribution in [2.24, 2.45) is 11.8 Å². The standard InChI is InChI=1S/C14H16F2N2O3/c1-8(13(19)20)10-6-18(7-10)14(21)17-5-9-2-3-11(15)12(16)4-9/h2-4,8,10H,5-7H2,1H3,(H,17,21)(H,19,20). The van der Waals surface area contributed by atoms with E-state index in [1.807, 2.05) is 0 Å². The van der Waals surface area contributed by atoms with Gasteiger partial charge in [0.1, 0.15) is 0 Å². The van der Waals surface area contributed by atoms with Crippen molar-refractivity contribution < 1.29 is 23.5 Å². The summed E-state index contributed by atoms with van der Waals surface area (Å²) in [6.45, 7) is 2.48. The molecule has 1 unspecified atom stereocenters. The Morgan fingerprint density at radius 3 is 2.62 bits per heavy atom. The highest BCUT2D eigenvalue weighted by atomic mass is 19.2. The molecule has 1 aliphatic rings. The maximum atomic E-state index is 13.0. The van der Waals surface area contributed by atoms with Crippen molar-refractivity contribution in [3.05, 3.63) is 35.4 Å². The number of carbonyl (C=O) groups excluding carboxylic acids is 1. The van der Waals surface area contributed by atoms with Crippen LogP contribution in [-0.2, 0) is 11.3 Å². The van der Waals surface area contributed by atoms with Gasteiger partial charge in [-0.3, -0.25) is 4.79 Å². The first-order valence-corrected chi connectivity index (χ1v) is 6.58. The lowest BCUT2D eigenvalue weighted by atomic mass is 9.87. The van der Waals surface area contributed by atoms with Crippen LogP contribution in [-0.4, -0.2) is 35.1 Å². The van der Waals surface area contributed by atoms with Gasteiger partial charge in [0.05, 0.1) is 5.92 Å². The van der Waals surface area contributed by atoms with Crippen molar-refractivity contribution in [1.82, 2.24) is 10.2 Å². The van der Waals surface area contributed by atoms with Gasteiger partial charge in [-0.25, -0.2) is 13.6 Å². The number of hydrogen-bond donors (Lipinski definition) is 2. The average molecular weight is 298 g/mol. The van der Waals surface area contributed by atoms with Gasteiger partial charge < -0.3 is 15.3 Å². The third kappa shape index (κ3) is 3.48. The number of carbonyl (C=O) groups is 2. The predicted molar refractivity (Wildman–Crippen MR) is 70.5 cm³/mol. The Morgan fingerprint density at radius 1 is 1.38 bits per heavy atom. The lowest BCUT2D eigenvalue weighted by Crippen LogP contribution is -2.56. The third-order valence-electron chi connectivity index (χ3n) is 3.72. The van der Waals surface area contributed by atoms with Gasteiger partial charge in [-0.15, -0.1) is 0 Å². The fraction of sp³-hybridized carbons (Fsp3) is 0.429. The molecule has 1 fully saturated rings. The van der Waals surface area contributed by atoms with Gasteiger partial charge in [0.15, 0.2) is 11.6 Å². The number of nitrogens with one attached hydrogen (secondary N) is 1. The van der Waals surface area contributed by atoms with Crippen molar-refractivity contribution in [1.29, 1.82) is 0 Å². The normalized spacial score (nSPS) is 16.2. The van der Waals surface area contributed by atoms with Crippen LogP contribution in [0.1, 0.15) is 12.5 Å². The second-order valence-electron chi connectivity index (χ2n) is 5.20. The van der Waals surface area contributed by atoms with E-state index in [1.54, 1.807) is 6.92 Å². The Balaban J connectivity index is 1.79. The lowest BCUT2D eigenvalue weighted by Gasteiger charge is -2.41. The van der Waals surface area contributed by atoms with E-state index >= 15 is 0 Å². The smallest absolute Gasteiger partial charge is 0.317 e. The Kier molecular flexibility index (Phi) is 4.40. The SMILES string of the molecule is CC(C(=O)O)C1CN(C(=O)NCc2ccc(F)c(F)c2)C1. The Morgan fingerprint density at radius 2 is 2.05 bits per heavy atom. The molecular formula is C14H16F2N2O3. The molecular weight excluding hydrogens is 282 g/mol. The number of amides is 2. The number of benzene rings is 1. The summed E-state index contributed by atoms with van der Waals surface area (Å²) in [6.07, 6.45) is 0. The van der Waals surface area contributed by atoms with Gasteiger partial charge in [-0.2, -0.15) is 0 Å². The number of nitrogens with zero attached hydrogens (tertiary/aromatic N) is 1. The van der Waals surface area contributed by atoms with Gasteiger partial charge in [-0.1, -0.05) is 13.0 Å². The van der Waals surface area contributed by atoms with Gasteiger partial charge in [0.25, 0.3) is 0 Å². The highest BCUT2D eigenvalue weighted by Gasteiger charge is 2.37. The molecule has 21 heavy (non-hydrogen) atoms. The lowest BCUT2D eigenvalue weighted by molar-refractivity contribution is -0.144. The average Bonchev–Trinajstić information content (AvgIpc) is 2.38. The number of urea groups is 1. The summed E-state index contributed by atoms with van der Waals surface area (Å²) in [5.74, 6) is -3.29. The summed E-state index contributed by atoms with van der Waals surface area (Å²) in [5, 5.41) is 11.4. The van der Waals surface area contributed by atoms with Gasteiger partial charge >= 0.3 is 12.0 Å². The molecule has 7 heteroatoms. The zero-order valence-corrected chi connectivity index (χ0v) is 11.5. The zero-order valence-electron chi connectivity index (χ0n) is 11.5. The maximum Gasteiger partial charge on any atom is 0.317 e. The van der Waals surface area contributed by atoms with Crippen LogP contribution in [0.15, 0.2) is 18.2 Å². The molecule has 2 amide bonds. The second-order valence-corrected chi connectivity index (χ2v) is 5.20. The Hall–Kier alpha value is -2.18. The highest BCUT2D eigenvalue weighted by molar-refractivity contribution is 5.76. The molecule has 1 saturated heterocycles. The number of carboxylic acid groups (broad SMARTS) is 1. The molecule has 0 radical (unpaired) electrons. The summed E-state index contributed by atoms with van der Waals surface area (Å²) >= 11 is 0. The van der Waals surface area contributed by atoms with Crippen molar-refractivity contribution >= 4 is 12.0 Å². The molecule has 0 bridgehead atoms. The number of halogens is 2. The number of hydrogen-bond acceptors (Lipinski definition) is 2. The highest BCUT2D eigenvalue weighted by Crippen LogP contribution is 2.23. The first-order chi connectivity index (χ1) is 9.88. The van der Waals surface area contributed by atoms with E-state index in [0.717, 1.165) is 12.1 Å². The van der Waals surface area contributed by atoms with Gasteiger partial charge in [0, 0.05) is 25.6 Å². The zero-order chi connectivity index (χ0) is 15.6. The molecule has 114 valence electrons. The van der Waals surface area contributed by atoms with Crippen molar-refractivity contribution in [3.63, 3.8) is 0 Å². The molecule has 0 aromatic heterocycles. The summed E-state index contributed by atoms with van der Waals surface area (Å²) in [5.41, 5.74) is 0.457. The molecule has 2 N–H and O–H groups in total. The summed E-state index contributed by atoms with van der Waals surface area (Å²) in [6, 6.07) is 3.09. The Bertz CT molecular complexity index is 559. The number of aliphatic carboxylic acids is 1. The van der Waals surface area contributed by atoms with E-state index in [1.165, 1.54) is 11.0 Å². The van der Waals surface area contributed by atoms with Crippen LogP contribution in [0.5, 0.6) is 0 Å². The van der Waals surface area contributed by atoms with E-state index in [0.29, 0.717) is 18.7 Å². The van der Waals surface area contributed by atoms with E-state index in [-0.39, 0.29) is 18.5 Å². The summed E-state index contributed by atoms with van der Waals surface area (Å²) in [4.78, 5) is 24.1. The second kappa shape index (κ2) is 6.07. The minimum absolute atomic E-state index is 0.0449. The first-order valence-electron chi connectivity index (χ1n) is 6.58. The summed E-state index contributed by atoms with van der Waals surface area (Å²) in [7, 11) is 0. The molecule has 0 aliphatic carbocycles. The molecule has 2 rings (SSSR count).